The molecule has 27 heavy (non-hydrogen) atoms. The van der Waals surface area contributed by atoms with Gasteiger partial charge in [0.1, 0.15) is 11.6 Å². The van der Waals surface area contributed by atoms with Gasteiger partial charge in [-0.1, -0.05) is 18.9 Å². The Labute approximate surface area is 175 Å². The second-order valence-electron chi connectivity index (χ2n) is 6.81. The molecule has 1 aromatic heterocycles. The molecule has 0 bridgehead atoms. The average Bonchev–Trinajstić information content (AvgIpc) is 3.25. The topological polar surface area (TPSA) is 54.2 Å². The minimum Gasteiger partial charge on any atom is -0.356 e. The summed E-state index contributed by atoms with van der Waals surface area (Å²) in [6.45, 7) is 1.01. The molecule has 3 rings (SSSR count). The van der Waals surface area contributed by atoms with Gasteiger partial charge in [0, 0.05) is 37.8 Å². The molecule has 1 saturated carbocycles. The lowest BCUT2D eigenvalue weighted by molar-refractivity contribution is 0.386. The Bertz CT molecular complexity index is 764. The number of aliphatic imine (C=N–C) groups is 1. The Morgan fingerprint density at radius 3 is 2.41 bits per heavy atom. The number of hydrogen-bond donors (Lipinski definition) is 2. The molecule has 0 spiro atoms. The van der Waals surface area contributed by atoms with Crippen LogP contribution in [-0.2, 0) is 19.0 Å². The Kier molecular flexibility index (Phi) is 7.58. The first-order valence-corrected chi connectivity index (χ1v) is 8.92. The van der Waals surface area contributed by atoms with E-state index in [1.807, 2.05) is 13.1 Å². The molecule has 5 nitrogen and oxygen atoms in total. The second kappa shape index (κ2) is 9.48. The van der Waals surface area contributed by atoms with Crippen molar-refractivity contribution < 1.29 is 8.78 Å². The SMILES string of the molecule is CN=C(NCc1ccnn1C)NCC1(c2c(F)cccc2F)CCCC1.I. The number of hydrogen-bond acceptors (Lipinski definition) is 2. The van der Waals surface area contributed by atoms with Crippen LogP contribution in [0.4, 0.5) is 8.78 Å². The quantitative estimate of drug-likeness (QED) is 0.384. The lowest BCUT2D eigenvalue weighted by atomic mass is 9.78. The molecular weight excluding hydrogens is 463 g/mol. The zero-order chi connectivity index (χ0) is 18.6. The van der Waals surface area contributed by atoms with Gasteiger partial charge >= 0.3 is 0 Å². The summed E-state index contributed by atoms with van der Waals surface area (Å²) in [7, 11) is 3.56. The lowest BCUT2D eigenvalue weighted by Crippen LogP contribution is -2.45. The summed E-state index contributed by atoms with van der Waals surface area (Å²) in [5.41, 5.74) is 0.676. The Hall–Kier alpha value is -1.71. The maximum atomic E-state index is 14.4. The fourth-order valence-corrected chi connectivity index (χ4v) is 3.79. The number of nitrogens with zero attached hydrogens (tertiary/aromatic N) is 3. The first-order chi connectivity index (χ1) is 12.6. The zero-order valence-electron chi connectivity index (χ0n) is 15.6. The number of benzene rings is 1. The fourth-order valence-electron chi connectivity index (χ4n) is 3.79. The molecule has 1 fully saturated rings. The van der Waals surface area contributed by atoms with Gasteiger partial charge in [0.15, 0.2) is 5.96 Å². The third-order valence-electron chi connectivity index (χ3n) is 5.23. The van der Waals surface area contributed by atoms with Crippen LogP contribution in [0.15, 0.2) is 35.5 Å². The smallest absolute Gasteiger partial charge is 0.191 e. The molecule has 1 aliphatic rings. The van der Waals surface area contributed by atoms with E-state index < -0.39 is 17.0 Å². The largest absolute Gasteiger partial charge is 0.356 e. The van der Waals surface area contributed by atoms with Crippen LogP contribution in [0.1, 0.15) is 36.9 Å². The molecule has 0 radical (unpaired) electrons. The molecule has 1 heterocycles. The van der Waals surface area contributed by atoms with E-state index in [-0.39, 0.29) is 29.5 Å². The molecule has 1 aromatic carbocycles. The first kappa shape index (κ1) is 21.6. The zero-order valence-corrected chi connectivity index (χ0v) is 18.0. The summed E-state index contributed by atoms with van der Waals surface area (Å²) in [5.74, 6) is -0.327. The van der Waals surface area contributed by atoms with Gasteiger partial charge in [-0.05, 0) is 31.0 Å². The van der Waals surface area contributed by atoms with Gasteiger partial charge in [0.2, 0.25) is 0 Å². The van der Waals surface area contributed by atoms with Crippen LogP contribution >= 0.6 is 24.0 Å². The molecule has 0 atom stereocenters. The van der Waals surface area contributed by atoms with E-state index in [4.69, 9.17) is 0 Å². The Morgan fingerprint density at radius 2 is 1.85 bits per heavy atom. The standard InChI is InChI=1S/C19H25F2N5.HI/c1-22-18(23-12-14-8-11-25-26(14)2)24-13-19(9-3-4-10-19)17-15(20)6-5-7-16(17)21;/h5-8,11H,3-4,9-10,12-13H2,1-2H3,(H2,22,23,24);1H. The van der Waals surface area contributed by atoms with Gasteiger partial charge in [-0.3, -0.25) is 9.67 Å². The van der Waals surface area contributed by atoms with Crippen LogP contribution in [0.3, 0.4) is 0 Å². The van der Waals surface area contributed by atoms with Crippen LogP contribution in [0.5, 0.6) is 0 Å². The summed E-state index contributed by atoms with van der Waals surface area (Å²) in [4.78, 5) is 4.23. The Balaban J connectivity index is 0.00000261. The molecule has 0 amide bonds. The summed E-state index contributed by atoms with van der Waals surface area (Å²) >= 11 is 0. The highest BCUT2D eigenvalue weighted by atomic mass is 127. The van der Waals surface area contributed by atoms with Crippen LogP contribution in [0, 0.1) is 11.6 Å². The lowest BCUT2D eigenvalue weighted by Gasteiger charge is -2.31. The van der Waals surface area contributed by atoms with Crippen molar-refractivity contribution in [1.82, 2.24) is 20.4 Å². The number of aromatic nitrogens is 2. The van der Waals surface area contributed by atoms with Gasteiger partial charge in [0.25, 0.3) is 0 Å². The molecule has 8 heteroatoms. The van der Waals surface area contributed by atoms with E-state index in [0.29, 0.717) is 19.0 Å². The predicted octanol–water partition coefficient (Wildman–Crippen LogP) is 3.49. The number of rotatable bonds is 5. The van der Waals surface area contributed by atoms with Crippen molar-refractivity contribution >= 4 is 29.9 Å². The van der Waals surface area contributed by atoms with Crippen molar-refractivity contribution in [3.63, 3.8) is 0 Å². The van der Waals surface area contributed by atoms with E-state index in [0.717, 1.165) is 31.4 Å². The van der Waals surface area contributed by atoms with Crippen LogP contribution in [-0.4, -0.2) is 29.3 Å². The van der Waals surface area contributed by atoms with Crippen LogP contribution < -0.4 is 10.6 Å². The van der Waals surface area contributed by atoms with E-state index in [1.165, 1.54) is 18.2 Å². The minimum atomic E-state index is -0.542. The maximum Gasteiger partial charge on any atom is 0.191 e. The third kappa shape index (κ3) is 4.77. The van der Waals surface area contributed by atoms with Crippen LogP contribution in [0.25, 0.3) is 0 Å². The predicted molar refractivity (Wildman–Crippen MR) is 113 cm³/mol. The summed E-state index contributed by atoms with van der Waals surface area (Å²) in [6.07, 6.45) is 5.20. The van der Waals surface area contributed by atoms with E-state index in [2.05, 4.69) is 20.7 Å². The van der Waals surface area contributed by atoms with Gasteiger partial charge in [-0.2, -0.15) is 5.10 Å². The van der Waals surface area contributed by atoms with Crippen LogP contribution in [0.2, 0.25) is 0 Å². The molecule has 0 saturated heterocycles. The minimum absolute atomic E-state index is 0. The summed E-state index contributed by atoms with van der Waals surface area (Å²) in [6, 6.07) is 6.02. The number of guanidine groups is 1. The van der Waals surface area contributed by atoms with E-state index in [9.17, 15) is 8.78 Å². The van der Waals surface area contributed by atoms with Crippen molar-refractivity contribution in [2.45, 2.75) is 37.6 Å². The number of nitrogens with one attached hydrogen (secondary N) is 2. The molecule has 2 N–H and O–H groups in total. The van der Waals surface area contributed by atoms with Gasteiger partial charge in [0.05, 0.1) is 12.2 Å². The van der Waals surface area contributed by atoms with Crippen molar-refractivity contribution in [3.8, 4) is 0 Å². The highest BCUT2D eigenvalue weighted by molar-refractivity contribution is 14.0. The van der Waals surface area contributed by atoms with Crippen molar-refractivity contribution in [2.75, 3.05) is 13.6 Å². The monoisotopic (exact) mass is 489 g/mol. The summed E-state index contributed by atoms with van der Waals surface area (Å²) in [5, 5.41) is 10.6. The van der Waals surface area contributed by atoms with Gasteiger partial charge < -0.3 is 10.6 Å². The fraction of sp³-hybridized carbons (Fsp3) is 0.474. The van der Waals surface area contributed by atoms with Gasteiger partial charge in [-0.25, -0.2) is 8.78 Å². The molecular formula is C19H26F2IN5. The van der Waals surface area contributed by atoms with Crippen molar-refractivity contribution in [2.24, 2.45) is 12.0 Å². The normalized spacial score (nSPS) is 16.1. The molecule has 0 aliphatic heterocycles. The van der Waals surface area contributed by atoms with Gasteiger partial charge in [-0.15, -0.1) is 24.0 Å². The van der Waals surface area contributed by atoms with E-state index >= 15 is 0 Å². The highest BCUT2D eigenvalue weighted by Gasteiger charge is 2.39. The van der Waals surface area contributed by atoms with Crippen molar-refractivity contribution in [3.05, 3.63) is 53.4 Å². The first-order valence-electron chi connectivity index (χ1n) is 8.92. The second-order valence-corrected chi connectivity index (χ2v) is 6.81. The average molecular weight is 489 g/mol. The Morgan fingerprint density at radius 1 is 1.19 bits per heavy atom. The molecule has 148 valence electrons. The van der Waals surface area contributed by atoms with Crippen molar-refractivity contribution in [1.29, 1.82) is 0 Å². The molecule has 0 unspecified atom stereocenters. The molecule has 1 aliphatic carbocycles. The maximum absolute atomic E-state index is 14.4. The number of halogens is 3. The molecule has 2 aromatic rings. The number of aryl methyl sites for hydroxylation is 1. The highest BCUT2D eigenvalue weighted by Crippen LogP contribution is 2.42. The van der Waals surface area contributed by atoms with E-state index in [1.54, 1.807) is 17.9 Å². The third-order valence-corrected chi connectivity index (χ3v) is 5.23. The summed E-state index contributed by atoms with van der Waals surface area (Å²) < 4.78 is 30.6.